The molecule has 2 N–H and O–H groups in total. The number of rotatable bonds is 8. The molecule has 1 aliphatic carbocycles. The zero-order chi connectivity index (χ0) is 14.7. The maximum absolute atomic E-state index is 12.1. The maximum atomic E-state index is 12.1. The first kappa shape index (κ1) is 15.4. The molecular weight excluding hydrogens is 268 g/mol. The van der Waals surface area contributed by atoms with Crippen LogP contribution in [0.5, 0.6) is 0 Å². The topological polar surface area (TPSA) is 46.3 Å². The van der Waals surface area contributed by atoms with E-state index in [2.05, 4.69) is 18.7 Å². The van der Waals surface area contributed by atoms with E-state index in [4.69, 9.17) is 5.73 Å². The molecule has 1 fully saturated rings. The average molecular weight is 294 g/mol. The molecule has 1 aliphatic rings. The number of nitrogen functional groups attached to an aromatic ring is 1. The first-order valence-corrected chi connectivity index (χ1v) is 8.65. The quantitative estimate of drug-likeness (QED) is 0.722. The van der Waals surface area contributed by atoms with Gasteiger partial charge in [0.25, 0.3) is 0 Å². The molecule has 1 saturated carbocycles. The minimum atomic E-state index is 0.189. The fourth-order valence-corrected chi connectivity index (χ4v) is 4.04. The largest absolute Gasteiger partial charge is 0.397 e. The predicted molar refractivity (Wildman–Crippen MR) is 88.1 cm³/mol. The fourth-order valence-electron chi connectivity index (χ4n) is 2.67. The Bertz CT molecular complexity index is 471. The Labute approximate surface area is 126 Å². The Balaban J connectivity index is 2.41. The van der Waals surface area contributed by atoms with E-state index in [1.54, 1.807) is 11.3 Å². The van der Waals surface area contributed by atoms with Crippen molar-refractivity contribution >= 4 is 27.8 Å². The molecular formula is C16H26N2OS. The van der Waals surface area contributed by atoms with Crippen molar-refractivity contribution < 1.29 is 4.79 Å². The number of hydrogen-bond acceptors (Lipinski definition) is 4. The molecule has 3 nitrogen and oxygen atoms in total. The Hall–Kier alpha value is -1.03. The van der Waals surface area contributed by atoms with Gasteiger partial charge in [-0.1, -0.05) is 20.8 Å². The Kier molecular flexibility index (Phi) is 5.08. The van der Waals surface area contributed by atoms with Crippen molar-refractivity contribution in [2.24, 2.45) is 0 Å². The van der Waals surface area contributed by atoms with Crippen LogP contribution in [0.4, 0.5) is 10.7 Å². The van der Waals surface area contributed by atoms with E-state index in [9.17, 15) is 4.79 Å². The molecule has 112 valence electrons. The lowest BCUT2D eigenvalue weighted by molar-refractivity contribution is 0.0993. The number of hydrogen-bond donors (Lipinski definition) is 1. The van der Waals surface area contributed by atoms with Gasteiger partial charge < -0.3 is 10.6 Å². The monoisotopic (exact) mass is 294 g/mol. The van der Waals surface area contributed by atoms with Crippen LogP contribution >= 0.6 is 11.3 Å². The first-order valence-electron chi connectivity index (χ1n) is 7.84. The summed E-state index contributed by atoms with van der Waals surface area (Å²) >= 11 is 1.63. The lowest BCUT2D eigenvalue weighted by atomic mass is 10.1. The van der Waals surface area contributed by atoms with Gasteiger partial charge in [-0.15, -0.1) is 11.3 Å². The SMILES string of the molecule is CCCN(CCC)c1sc(C(=O)CC)c(N)c1C1CC1. The molecule has 1 aromatic rings. The molecule has 2 rings (SSSR count). The smallest absolute Gasteiger partial charge is 0.174 e. The minimum Gasteiger partial charge on any atom is -0.397 e. The summed E-state index contributed by atoms with van der Waals surface area (Å²) in [5.41, 5.74) is 8.36. The molecule has 0 spiro atoms. The normalized spacial score (nSPS) is 14.6. The molecule has 20 heavy (non-hydrogen) atoms. The van der Waals surface area contributed by atoms with Crippen LogP contribution in [0.3, 0.4) is 0 Å². The maximum Gasteiger partial charge on any atom is 0.174 e. The van der Waals surface area contributed by atoms with Gasteiger partial charge in [0.1, 0.15) is 0 Å². The van der Waals surface area contributed by atoms with Gasteiger partial charge in [-0.05, 0) is 31.6 Å². The summed E-state index contributed by atoms with van der Waals surface area (Å²) in [6.07, 6.45) is 5.23. The van der Waals surface area contributed by atoms with Crippen LogP contribution in [0.15, 0.2) is 0 Å². The number of thiophene rings is 1. The minimum absolute atomic E-state index is 0.189. The Morgan fingerprint density at radius 3 is 2.30 bits per heavy atom. The number of carbonyl (C=O) groups is 1. The molecule has 0 radical (unpaired) electrons. The zero-order valence-electron chi connectivity index (χ0n) is 12.9. The highest BCUT2D eigenvalue weighted by Crippen LogP contribution is 2.52. The average Bonchev–Trinajstić information content (AvgIpc) is 3.21. The highest BCUT2D eigenvalue weighted by atomic mass is 32.1. The second kappa shape index (κ2) is 6.61. The lowest BCUT2D eigenvalue weighted by Gasteiger charge is -2.23. The summed E-state index contributed by atoms with van der Waals surface area (Å²) in [6, 6.07) is 0. The van der Waals surface area contributed by atoms with Crippen LogP contribution in [0.25, 0.3) is 0 Å². The Morgan fingerprint density at radius 2 is 1.85 bits per heavy atom. The standard InChI is InChI=1S/C16H26N2OS/c1-4-9-18(10-5-2)16-13(11-7-8-11)14(17)15(20-16)12(19)6-3/h11H,4-10,17H2,1-3H3. The molecule has 0 aromatic carbocycles. The number of Topliss-reactive ketones (excluding diaryl/α,β-unsaturated/α-hetero) is 1. The van der Waals surface area contributed by atoms with E-state index in [0.29, 0.717) is 12.3 Å². The van der Waals surface area contributed by atoms with Crippen LogP contribution in [-0.2, 0) is 0 Å². The molecule has 1 aromatic heterocycles. The molecule has 0 amide bonds. The lowest BCUT2D eigenvalue weighted by Crippen LogP contribution is -2.24. The van der Waals surface area contributed by atoms with Crippen LogP contribution in [0.1, 0.15) is 74.0 Å². The number of nitrogens with zero attached hydrogens (tertiary/aromatic N) is 1. The molecule has 0 aliphatic heterocycles. The Morgan fingerprint density at radius 1 is 1.25 bits per heavy atom. The highest BCUT2D eigenvalue weighted by molar-refractivity contribution is 7.19. The van der Waals surface area contributed by atoms with Crippen molar-refractivity contribution in [3.8, 4) is 0 Å². The van der Waals surface area contributed by atoms with E-state index in [1.807, 2.05) is 6.92 Å². The summed E-state index contributed by atoms with van der Waals surface area (Å²) < 4.78 is 0. The summed E-state index contributed by atoms with van der Waals surface area (Å²) in [5.74, 6) is 0.782. The van der Waals surface area contributed by atoms with Crippen molar-refractivity contribution in [2.75, 3.05) is 23.7 Å². The van der Waals surface area contributed by atoms with E-state index in [-0.39, 0.29) is 5.78 Å². The predicted octanol–water partition coefficient (Wildman–Crippen LogP) is 4.43. The van der Waals surface area contributed by atoms with Crippen LogP contribution in [0.2, 0.25) is 0 Å². The van der Waals surface area contributed by atoms with Gasteiger partial charge in [-0.2, -0.15) is 0 Å². The van der Waals surface area contributed by atoms with Gasteiger partial charge in [0.15, 0.2) is 5.78 Å². The summed E-state index contributed by atoms with van der Waals surface area (Å²) in [6.45, 7) is 8.41. The number of ketones is 1. The van der Waals surface area contributed by atoms with Gasteiger partial charge in [0, 0.05) is 25.1 Å². The summed E-state index contributed by atoms with van der Waals surface area (Å²) in [4.78, 5) is 15.3. The van der Waals surface area contributed by atoms with Crippen molar-refractivity contribution in [3.63, 3.8) is 0 Å². The van der Waals surface area contributed by atoms with Crippen LogP contribution in [-0.4, -0.2) is 18.9 Å². The van der Waals surface area contributed by atoms with Crippen molar-refractivity contribution in [1.82, 2.24) is 0 Å². The molecule has 1 heterocycles. The van der Waals surface area contributed by atoms with Gasteiger partial charge >= 0.3 is 0 Å². The highest BCUT2D eigenvalue weighted by Gasteiger charge is 2.34. The third-order valence-electron chi connectivity index (χ3n) is 3.80. The second-order valence-electron chi connectivity index (χ2n) is 5.60. The first-order chi connectivity index (χ1) is 9.63. The third kappa shape index (κ3) is 3.00. The number of anilines is 2. The molecule has 0 bridgehead atoms. The third-order valence-corrected chi connectivity index (χ3v) is 5.12. The summed E-state index contributed by atoms with van der Waals surface area (Å²) in [7, 11) is 0. The molecule has 0 saturated heterocycles. The van der Waals surface area contributed by atoms with Gasteiger partial charge in [0.2, 0.25) is 0 Å². The molecule has 0 atom stereocenters. The fraction of sp³-hybridized carbons (Fsp3) is 0.688. The van der Waals surface area contributed by atoms with Crippen LogP contribution in [0, 0.1) is 0 Å². The van der Waals surface area contributed by atoms with Gasteiger partial charge in [-0.3, -0.25) is 4.79 Å². The van der Waals surface area contributed by atoms with Crippen molar-refractivity contribution in [2.45, 2.75) is 58.8 Å². The molecule has 4 heteroatoms. The second-order valence-corrected chi connectivity index (χ2v) is 6.60. The zero-order valence-corrected chi connectivity index (χ0v) is 13.7. The molecule has 0 unspecified atom stereocenters. The number of nitrogens with two attached hydrogens (primary N) is 1. The van der Waals surface area contributed by atoms with Gasteiger partial charge in [0.05, 0.1) is 15.6 Å². The van der Waals surface area contributed by atoms with Gasteiger partial charge in [-0.25, -0.2) is 0 Å². The summed E-state index contributed by atoms with van der Waals surface area (Å²) in [5, 5.41) is 1.27. The van der Waals surface area contributed by atoms with Crippen molar-refractivity contribution in [3.05, 3.63) is 10.4 Å². The van der Waals surface area contributed by atoms with Crippen molar-refractivity contribution in [1.29, 1.82) is 0 Å². The van der Waals surface area contributed by atoms with E-state index in [1.165, 1.54) is 23.4 Å². The van der Waals surface area contributed by atoms with E-state index >= 15 is 0 Å². The van der Waals surface area contributed by atoms with E-state index < -0.39 is 0 Å². The van der Waals surface area contributed by atoms with E-state index in [0.717, 1.165) is 36.5 Å². The number of carbonyl (C=O) groups excluding carboxylic acids is 1. The van der Waals surface area contributed by atoms with Crippen LogP contribution < -0.4 is 10.6 Å².